The number of rotatable bonds is 2. The first-order chi connectivity index (χ1) is 7.82. The summed E-state index contributed by atoms with van der Waals surface area (Å²) >= 11 is 17.7. The highest BCUT2D eigenvalue weighted by atomic mass is 35.5. The van der Waals surface area contributed by atoms with Gasteiger partial charge in [-0.1, -0.05) is 47.2 Å². The Morgan fingerprint density at radius 1 is 1.41 bits per heavy atom. The van der Waals surface area contributed by atoms with E-state index in [0.717, 1.165) is 11.8 Å². The van der Waals surface area contributed by atoms with Crippen LogP contribution in [0.4, 0.5) is 5.69 Å². The average molecular weight is 311 g/mol. The second-order valence-corrected chi connectivity index (χ2v) is 5.74. The minimum Gasteiger partial charge on any atom is -0.363 e. The summed E-state index contributed by atoms with van der Waals surface area (Å²) in [4.78, 5) is 12.4. The first-order valence-electron chi connectivity index (χ1n) is 4.35. The normalized spacial score (nSPS) is 10.1. The maximum absolute atomic E-state index is 10.9. The van der Waals surface area contributed by atoms with Gasteiger partial charge in [0.05, 0.1) is 19.9 Å². The second-order valence-electron chi connectivity index (χ2n) is 3.25. The van der Waals surface area contributed by atoms with Gasteiger partial charge in [-0.3, -0.25) is 10.1 Å². The quantitative estimate of drug-likeness (QED) is 0.359. The smallest absolute Gasteiger partial charge is 0.284 e. The van der Waals surface area contributed by atoms with Crippen molar-refractivity contribution < 1.29 is 4.92 Å². The van der Waals surface area contributed by atoms with Crippen LogP contribution in [-0.4, -0.2) is 28.2 Å². The molecule has 0 radical (unpaired) electrons. The van der Waals surface area contributed by atoms with E-state index in [0.29, 0.717) is 9.22 Å². The number of nitro groups is 1. The molecule has 4 nitrogen and oxygen atoms in total. The first-order valence-corrected chi connectivity index (χ1v) is 6.33. The van der Waals surface area contributed by atoms with E-state index in [4.69, 9.17) is 35.4 Å². The molecule has 92 valence electrons. The molecule has 0 saturated carbocycles. The van der Waals surface area contributed by atoms with Gasteiger partial charge in [0.2, 0.25) is 0 Å². The Kier molecular flexibility index (Phi) is 5.00. The fraction of sp³-hybridized carbons (Fsp3) is 0.222. The van der Waals surface area contributed by atoms with E-state index in [1.807, 2.05) is 0 Å². The fourth-order valence-corrected chi connectivity index (χ4v) is 2.37. The van der Waals surface area contributed by atoms with Crippen molar-refractivity contribution in [2.24, 2.45) is 0 Å². The summed E-state index contributed by atoms with van der Waals surface area (Å²) in [5.41, 5.74) is -0.103. The summed E-state index contributed by atoms with van der Waals surface area (Å²) in [5, 5.41) is 11.3. The van der Waals surface area contributed by atoms with E-state index < -0.39 is 4.92 Å². The number of halogens is 2. The van der Waals surface area contributed by atoms with Crippen molar-refractivity contribution in [3.05, 3.63) is 32.3 Å². The third kappa shape index (κ3) is 3.70. The van der Waals surface area contributed by atoms with Crippen molar-refractivity contribution in [3.63, 3.8) is 0 Å². The number of benzene rings is 1. The third-order valence-corrected chi connectivity index (χ3v) is 4.18. The topological polar surface area (TPSA) is 46.4 Å². The second kappa shape index (κ2) is 5.86. The highest BCUT2D eigenvalue weighted by Gasteiger charge is 2.19. The molecular weight excluding hydrogens is 303 g/mol. The van der Waals surface area contributed by atoms with E-state index in [1.54, 1.807) is 19.0 Å². The lowest BCUT2D eigenvalue weighted by atomic mass is 10.3. The largest absolute Gasteiger partial charge is 0.363 e. The number of thioether (sulfide) groups is 1. The van der Waals surface area contributed by atoms with Gasteiger partial charge in [-0.15, -0.1) is 0 Å². The van der Waals surface area contributed by atoms with Crippen LogP contribution in [0, 0.1) is 10.1 Å². The highest BCUT2D eigenvalue weighted by Crippen LogP contribution is 2.37. The molecule has 0 aliphatic heterocycles. The van der Waals surface area contributed by atoms with Crippen LogP contribution in [0.5, 0.6) is 0 Å². The van der Waals surface area contributed by atoms with Crippen molar-refractivity contribution in [3.8, 4) is 0 Å². The van der Waals surface area contributed by atoms with Crippen molar-refractivity contribution in [2.75, 3.05) is 14.1 Å². The summed E-state index contributed by atoms with van der Waals surface area (Å²) in [7, 11) is 3.53. The number of nitro benzene ring substituents is 1. The predicted octanol–water partition coefficient (Wildman–Crippen LogP) is 3.84. The molecule has 0 spiro atoms. The molecule has 0 unspecified atom stereocenters. The van der Waals surface area contributed by atoms with E-state index in [-0.39, 0.29) is 15.7 Å². The summed E-state index contributed by atoms with van der Waals surface area (Å²) < 4.78 is 0.506. The Hall–Kier alpha value is -0.560. The number of hydrogen-bond acceptors (Lipinski definition) is 4. The van der Waals surface area contributed by atoms with E-state index in [1.165, 1.54) is 12.1 Å². The van der Waals surface area contributed by atoms with Crippen LogP contribution in [0.3, 0.4) is 0 Å². The van der Waals surface area contributed by atoms with E-state index in [2.05, 4.69) is 0 Å². The monoisotopic (exact) mass is 310 g/mol. The molecular formula is C9H8Cl2N2O2S2. The van der Waals surface area contributed by atoms with Crippen molar-refractivity contribution in [1.82, 2.24) is 4.90 Å². The van der Waals surface area contributed by atoms with Gasteiger partial charge < -0.3 is 4.90 Å². The molecule has 0 saturated heterocycles. The van der Waals surface area contributed by atoms with Crippen LogP contribution >= 0.6 is 47.2 Å². The number of thiocarbonyl (C=S) groups is 1. The lowest BCUT2D eigenvalue weighted by molar-refractivity contribution is -0.387. The van der Waals surface area contributed by atoms with Crippen LogP contribution in [-0.2, 0) is 0 Å². The predicted molar refractivity (Wildman–Crippen MR) is 75.3 cm³/mol. The van der Waals surface area contributed by atoms with Crippen molar-refractivity contribution in [2.45, 2.75) is 4.90 Å². The molecule has 0 bridgehead atoms. The molecule has 1 rings (SSSR count). The molecule has 0 fully saturated rings. The van der Waals surface area contributed by atoms with Crippen LogP contribution < -0.4 is 0 Å². The molecule has 0 amide bonds. The molecule has 0 aliphatic rings. The SMILES string of the molecule is CN(C)C(=S)Sc1cc(Cl)c(Cl)cc1[N+](=O)[O-]. The van der Waals surface area contributed by atoms with Gasteiger partial charge in [0.1, 0.15) is 4.32 Å². The van der Waals surface area contributed by atoms with Gasteiger partial charge in [0.15, 0.2) is 0 Å². The zero-order chi connectivity index (χ0) is 13.2. The lowest BCUT2D eigenvalue weighted by Gasteiger charge is -2.12. The van der Waals surface area contributed by atoms with Gasteiger partial charge in [0.25, 0.3) is 5.69 Å². The fourth-order valence-electron chi connectivity index (χ4n) is 0.928. The Balaban J connectivity index is 3.17. The maximum atomic E-state index is 10.9. The van der Waals surface area contributed by atoms with E-state index >= 15 is 0 Å². The molecule has 0 aliphatic carbocycles. The van der Waals surface area contributed by atoms with Crippen LogP contribution in [0.1, 0.15) is 0 Å². The summed E-state index contributed by atoms with van der Waals surface area (Å²) in [6.45, 7) is 0. The summed E-state index contributed by atoms with van der Waals surface area (Å²) in [5.74, 6) is 0. The van der Waals surface area contributed by atoms with Crippen LogP contribution in [0.25, 0.3) is 0 Å². The Bertz CT molecular complexity index is 480. The van der Waals surface area contributed by atoms with Gasteiger partial charge in [-0.25, -0.2) is 0 Å². The summed E-state index contributed by atoms with van der Waals surface area (Å²) in [6.07, 6.45) is 0. The van der Waals surface area contributed by atoms with Crippen LogP contribution in [0.2, 0.25) is 10.0 Å². The molecule has 0 N–H and O–H groups in total. The standard InChI is InChI=1S/C9H8Cl2N2O2S2/c1-12(2)9(16)17-8-4-6(11)5(10)3-7(8)13(14)15/h3-4H,1-2H3. The van der Waals surface area contributed by atoms with Crippen LogP contribution in [0.15, 0.2) is 17.0 Å². The molecule has 1 aromatic rings. The van der Waals surface area contributed by atoms with E-state index in [9.17, 15) is 10.1 Å². The average Bonchev–Trinajstić information content (AvgIpc) is 2.22. The molecule has 0 heterocycles. The van der Waals surface area contributed by atoms with Gasteiger partial charge >= 0.3 is 0 Å². The lowest BCUT2D eigenvalue weighted by Crippen LogP contribution is -2.15. The van der Waals surface area contributed by atoms with Crippen molar-refractivity contribution >= 4 is 57.2 Å². The van der Waals surface area contributed by atoms with Gasteiger partial charge in [0, 0.05) is 20.2 Å². The molecule has 17 heavy (non-hydrogen) atoms. The Morgan fingerprint density at radius 3 is 2.41 bits per heavy atom. The number of hydrogen-bond donors (Lipinski definition) is 0. The Labute approximate surface area is 118 Å². The van der Waals surface area contributed by atoms with Gasteiger partial charge in [-0.05, 0) is 6.07 Å². The minimum absolute atomic E-state index is 0.103. The summed E-state index contributed by atoms with van der Waals surface area (Å²) in [6, 6.07) is 2.67. The highest BCUT2D eigenvalue weighted by molar-refractivity contribution is 8.23. The Morgan fingerprint density at radius 2 is 1.94 bits per heavy atom. The molecule has 1 aromatic carbocycles. The molecule has 0 atom stereocenters. The number of nitrogens with zero attached hydrogens (tertiary/aromatic N) is 2. The van der Waals surface area contributed by atoms with Crippen molar-refractivity contribution in [1.29, 1.82) is 0 Å². The zero-order valence-corrected chi connectivity index (χ0v) is 12.1. The molecule has 0 aromatic heterocycles. The zero-order valence-electron chi connectivity index (χ0n) is 8.94. The third-order valence-electron chi connectivity index (χ3n) is 1.76. The minimum atomic E-state index is -0.511. The molecule has 8 heteroatoms. The maximum Gasteiger partial charge on any atom is 0.284 e. The first kappa shape index (κ1) is 14.5. The van der Waals surface area contributed by atoms with Gasteiger partial charge in [-0.2, -0.15) is 0 Å².